The molecule has 3 nitrogen and oxygen atoms in total. The van der Waals surface area contributed by atoms with Gasteiger partial charge in [-0.1, -0.05) is 6.92 Å². The fourth-order valence-corrected chi connectivity index (χ4v) is 0.841. The molecular weight excluding hydrogens is 154 g/mol. The summed E-state index contributed by atoms with van der Waals surface area (Å²) >= 11 is 0. The van der Waals surface area contributed by atoms with Crippen LogP contribution in [-0.4, -0.2) is 39.0 Å². The minimum absolute atomic E-state index is 0.212. The van der Waals surface area contributed by atoms with Crippen molar-refractivity contribution in [3.63, 3.8) is 0 Å². The summed E-state index contributed by atoms with van der Waals surface area (Å²) in [4.78, 5) is 0. The van der Waals surface area contributed by atoms with Crippen LogP contribution in [0.15, 0.2) is 0 Å². The maximum atomic E-state index is 5.46. The molecule has 0 aliphatic heterocycles. The minimum atomic E-state index is 0.212. The molecule has 0 saturated heterocycles. The molecule has 0 heterocycles. The molecule has 12 heavy (non-hydrogen) atoms. The number of likely N-dealkylation sites (N-methyl/N-ethyl adjacent to an activating group) is 1. The molecule has 1 atom stereocenters. The van der Waals surface area contributed by atoms with Crippen LogP contribution in [0.5, 0.6) is 0 Å². The second-order valence-electron chi connectivity index (χ2n) is 2.69. The van der Waals surface area contributed by atoms with Crippen LogP contribution in [0.4, 0.5) is 0 Å². The van der Waals surface area contributed by atoms with Gasteiger partial charge >= 0.3 is 0 Å². The molecular formula is C9H21NO2. The number of ether oxygens (including phenoxy) is 2. The van der Waals surface area contributed by atoms with Gasteiger partial charge in [-0.3, -0.25) is 0 Å². The van der Waals surface area contributed by atoms with Crippen molar-refractivity contribution in [3.05, 3.63) is 0 Å². The molecule has 3 heteroatoms. The van der Waals surface area contributed by atoms with Crippen LogP contribution in [0.25, 0.3) is 0 Å². The molecule has 1 N–H and O–H groups in total. The topological polar surface area (TPSA) is 30.5 Å². The van der Waals surface area contributed by atoms with E-state index in [1.54, 1.807) is 0 Å². The third-order valence-corrected chi connectivity index (χ3v) is 1.49. The van der Waals surface area contributed by atoms with E-state index in [1.807, 2.05) is 13.8 Å². The molecule has 74 valence electrons. The molecule has 0 fully saturated rings. The Balaban J connectivity index is 3.02. The van der Waals surface area contributed by atoms with Crippen LogP contribution in [0, 0.1) is 0 Å². The number of hydrogen-bond acceptors (Lipinski definition) is 3. The van der Waals surface area contributed by atoms with Crippen molar-refractivity contribution in [1.29, 1.82) is 0 Å². The molecule has 0 spiro atoms. The highest BCUT2D eigenvalue weighted by Crippen LogP contribution is 1.90. The Bertz CT molecular complexity index is 88.6. The molecule has 0 aliphatic carbocycles. The van der Waals surface area contributed by atoms with Crippen molar-refractivity contribution in [1.82, 2.24) is 5.32 Å². The molecule has 0 radical (unpaired) electrons. The monoisotopic (exact) mass is 175 g/mol. The van der Waals surface area contributed by atoms with E-state index in [0.29, 0.717) is 6.61 Å². The summed E-state index contributed by atoms with van der Waals surface area (Å²) in [6, 6.07) is 0. The van der Waals surface area contributed by atoms with Crippen molar-refractivity contribution in [2.24, 2.45) is 0 Å². The Hall–Kier alpha value is -0.120. The summed E-state index contributed by atoms with van der Waals surface area (Å²) in [5, 5.41) is 3.19. The van der Waals surface area contributed by atoms with Gasteiger partial charge in [-0.25, -0.2) is 0 Å². The van der Waals surface area contributed by atoms with Crippen molar-refractivity contribution >= 4 is 0 Å². The first-order chi connectivity index (χ1) is 5.81. The van der Waals surface area contributed by atoms with Gasteiger partial charge in [0.05, 0.1) is 19.3 Å². The van der Waals surface area contributed by atoms with Gasteiger partial charge in [0.25, 0.3) is 0 Å². The Morgan fingerprint density at radius 1 is 1.33 bits per heavy atom. The van der Waals surface area contributed by atoms with Gasteiger partial charge in [-0.05, 0) is 20.4 Å². The molecule has 1 unspecified atom stereocenters. The molecule has 0 amide bonds. The van der Waals surface area contributed by atoms with Crippen LogP contribution in [-0.2, 0) is 9.47 Å². The number of hydrogen-bond donors (Lipinski definition) is 1. The molecule has 0 rings (SSSR count). The van der Waals surface area contributed by atoms with E-state index in [1.165, 1.54) is 0 Å². The fraction of sp³-hybridized carbons (Fsp3) is 1.00. The SMILES string of the molecule is CCNCCOC(C)COCC. The van der Waals surface area contributed by atoms with Crippen LogP contribution < -0.4 is 5.32 Å². The lowest BCUT2D eigenvalue weighted by atomic mass is 10.4. The summed E-state index contributed by atoms with van der Waals surface area (Å²) in [7, 11) is 0. The van der Waals surface area contributed by atoms with Gasteiger partial charge in [0.2, 0.25) is 0 Å². The van der Waals surface area contributed by atoms with Gasteiger partial charge in [0.15, 0.2) is 0 Å². The predicted molar refractivity (Wildman–Crippen MR) is 50.5 cm³/mol. The third-order valence-electron chi connectivity index (χ3n) is 1.49. The van der Waals surface area contributed by atoms with Gasteiger partial charge in [-0.2, -0.15) is 0 Å². The molecule has 0 aromatic heterocycles. The summed E-state index contributed by atoms with van der Waals surface area (Å²) < 4.78 is 10.7. The fourth-order valence-electron chi connectivity index (χ4n) is 0.841. The molecule has 0 aromatic rings. The largest absolute Gasteiger partial charge is 0.379 e. The van der Waals surface area contributed by atoms with Crippen LogP contribution in [0.2, 0.25) is 0 Å². The second-order valence-corrected chi connectivity index (χ2v) is 2.69. The standard InChI is InChI=1S/C9H21NO2/c1-4-10-6-7-12-9(3)8-11-5-2/h9-10H,4-8H2,1-3H3. The van der Waals surface area contributed by atoms with Crippen molar-refractivity contribution in [3.8, 4) is 0 Å². The lowest BCUT2D eigenvalue weighted by Crippen LogP contribution is -2.24. The van der Waals surface area contributed by atoms with E-state index in [9.17, 15) is 0 Å². The first-order valence-corrected chi connectivity index (χ1v) is 4.71. The van der Waals surface area contributed by atoms with Crippen molar-refractivity contribution in [2.75, 3.05) is 32.9 Å². The predicted octanol–water partition coefficient (Wildman–Crippen LogP) is 1.04. The first kappa shape index (κ1) is 11.9. The number of nitrogens with one attached hydrogen (secondary N) is 1. The highest BCUT2D eigenvalue weighted by atomic mass is 16.5. The highest BCUT2D eigenvalue weighted by molar-refractivity contribution is 4.48. The van der Waals surface area contributed by atoms with E-state index in [2.05, 4.69) is 12.2 Å². The van der Waals surface area contributed by atoms with E-state index in [0.717, 1.165) is 26.3 Å². The van der Waals surface area contributed by atoms with Crippen LogP contribution in [0.3, 0.4) is 0 Å². The molecule has 0 saturated carbocycles. The zero-order valence-corrected chi connectivity index (χ0v) is 8.43. The lowest BCUT2D eigenvalue weighted by molar-refractivity contribution is -0.00177. The highest BCUT2D eigenvalue weighted by Gasteiger charge is 1.99. The van der Waals surface area contributed by atoms with Gasteiger partial charge in [-0.15, -0.1) is 0 Å². The Kier molecular flexibility index (Phi) is 8.88. The van der Waals surface area contributed by atoms with Crippen LogP contribution >= 0.6 is 0 Å². The Morgan fingerprint density at radius 2 is 2.08 bits per heavy atom. The quantitative estimate of drug-likeness (QED) is 0.559. The van der Waals surface area contributed by atoms with E-state index < -0.39 is 0 Å². The Labute approximate surface area is 75.4 Å². The summed E-state index contributed by atoms with van der Waals surface area (Å²) in [5.41, 5.74) is 0. The van der Waals surface area contributed by atoms with Crippen molar-refractivity contribution < 1.29 is 9.47 Å². The van der Waals surface area contributed by atoms with E-state index in [4.69, 9.17) is 9.47 Å². The average molecular weight is 175 g/mol. The van der Waals surface area contributed by atoms with Crippen molar-refractivity contribution in [2.45, 2.75) is 26.9 Å². The zero-order valence-electron chi connectivity index (χ0n) is 8.43. The molecule has 0 aromatic carbocycles. The maximum Gasteiger partial charge on any atom is 0.0781 e. The van der Waals surface area contributed by atoms with Gasteiger partial charge < -0.3 is 14.8 Å². The third kappa shape index (κ3) is 7.98. The maximum absolute atomic E-state index is 5.46. The lowest BCUT2D eigenvalue weighted by Gasteiger charge is -2.12. The minimum Gasteiger partial charge on any atom is -0.379 e. The van der Waals surface area contributed by atoms with E-state index >= 15 is 0 Å². The smallest absolute Gasteiger partial charge is 0.0781 e. The van der Waals surface area contributed by atoms with E-state index in [-0.39, 0.29) is 6.10 Å². The summed E-state index contributed by atoms with van der Waals surface area (Å²) in [5.74, 6) is 0. The molecule has 0 bridgehead atoms. The molecule has 0 aliphatic rings. The average Bonchev–Trinajstić information content (AvgIpc) is 2.09. The van der Waals surface area contributed by atoms with Gasteiger partial charge in [0.1, 0.15) is 0 Å². The Morgan fingerprint density at radius 3 is 2.67 bits per heavy atom. The number of rotatable bonds is 8. The zero-order chi connectivity index (χ0) is 9.23. The van der Waals surface area contributed by atoms with Gasteiger partial charge in [0, 0.05) is 13.2 Å². The second kappa shape index (κ2) is 8.97. The summed E-state index contributed by atoms with van der Waals surface area (Å²) in [6.07, 6.45) is 0.212. The van der Waals surface area contributed by atoms with Crippen LogP contribution in [0.1, 0.15) is 20.8 Å². The normalized spacial score (nSPS) is 13.2. The first-order valence-electron chi connectivity index (χ1n) is 4.71. The summed E-state index contributed by atoms with van der Waals surface area (Å²) in [6.45, 7) is 10.3.